The molecule has 3 aliphatic rings. The van der Waals surface area contributed by atoms with E-state index in [1.54, 1.807) is 7.11 Å². The quantitative estimate of drug-likeness (QED) is 0.856. The molecule has 0 spiro atoms. The number of ether oxygens (including phenoxy) is 1. The van der Waals surface area contributed by atoms with Crippen LogP contribution in [0.5, 0.6) is 5.75 Å². The largest absolute Gasteiger partial charge is 0.496 e. The predicted molar refractivity (Wildman–Crippen MR) is 91.1 cm³/mol. The maximum absolute atomic E-state index is 13.2. The summed E-state index contributed by atoms with van der Waals surface area (Å²) in [6.07, 6.45) is 5.52. The Morgan fingerprint density at radius 1 is 1.25 bits per heavy atom. The Labute approximate surface area is 142 Å². The summed E-state index contributed by atoms with van der Waals surface area (Å²) in [7, 11) is 1.68. The monoisotopic (exact) mass is 328 g/mol. The van der Waals surface area contributed by atoms with Crippen molar-refractivity contribution in [2.75, 3.05) is 25.1 Å². The summed E-state index contributed by atoms with van der Waals surface area (Å²) in [6.45, 7) is 1.32. The lowest BCUT2D eigenvalue weighted by Crippen LogP contribution is -2.38. The van der Waals surface area contributed by atoms with Crippen molar-refractivity contribution in [2.45, 2.75) is 44.6 Å². The number of methoxy groups -OCH3 is 1. The Morgan fingerprint density at radius 3 is 2.83 bits per heavy atom. The fraction of sp³-hybridized carbons (Fsp3) is 0.579. The molecule has 128 valence electrons. The van der Waals surface area contributed by atoms with Gasteiger partial charge in [0.15, 0.2) is 0 Å². The molecule has 2 aliphatic heterocycles. The molecule has 0 bridgehead atoms. The fourth-order valence-corrected chi connectivity index (χ4v) is 4.03. The van der Waals surface area contributed by atoms with Crippen molar-refractivity contribution >= 4 is 17.5 Å². The van der Waals surface area contributed by atoms with E-state index in [4.69, 9.17) is 4.74 Å². The lowest BCUT2D eigenvalue weighted by Gasteiger charge is -2.26. The minimum Gasteiger partial charge on any atom is -0.496 e. The molecule has 5 heteroatoms. The Balaban J connectivity index is 1.60. The van der Waals surface area contributed by atoms with Crippen molar-refractivity contribution in [3.05, 3.63) is 23.8 Å². The minimum atomic E-state index is -0.199. The minimum absolute atomic E-state index is 0.0999. The summed E-state index contributed by atoms with van der Waals surface area (Å²) in [5.74, 6) is 0.906. The molecule has 24 heavy (non-hydrogen) atoms. The first kappa shape index (κ1) is 15.5. The maximum Gasteiger partial charge on any atom is 0.232 e. The molecule has 0 aromatic heterocycles. The first-order valence-corrected chi connectivity index (χ1v) is 8.95. The number of carbonyl (C=O) groups excluding carboxylic acids is 2. The number of benzene rings is 1. The third-order valence-corrected chi connectivity index (χ3v) is 5.44. The summed E-state index contributed by atoms with van der Waals surface area (Å²) in [4.78, 5) is 29.2. The van der Waals surface area contributed by atoms with E-state index < -0.39 is 0 Å². The third-order valence-electron chi connectivity index (χ3n) is 5.44. The van der Waals surface area contributed by atoms with Crippen LogP contribution >= 0.6 is 0 Å². The van der Waals surface area contributed by atoms with E-state index in [-0.39, 0.29) is 17.7 Å². The summed E-state index contributed by atoms with van der Waals surface area (Å²) >= 11 is 0. The molecule has 0 radical (unpaired) electrons. The van der Waals surface area contributed by atoms with Crippen LogP contribution in [0.2, 0.25) is 0 Å². The van der Waals surface area contributed by atoms with Gasteiger partial charge in [-0.15, -0.1) is 0 Å². The zero-order valence-corrected chi connectivity index (χ0v) is 14.2. The van der Waals surface area contributed by atoms with E-state index in [2.05, 4.69) is 0 Å². The Hall–Kier alpha value is -2.04. The predicted octanol–water partition coefficient (Wildman–Crippen LogP) is 2.38. The molecule has 2 heterocycles. The smallest absolute Gasteiger partial charge is 0.232 e. The van der Waals surface area contributed by atoms with Crippen LogP contribution in [0.1, 0.15) is 37.7 Å². The molecule has 1 aliphatic carbocycles. The van der Waals surface area contributed by atoms with Gasteiger partial charge in [0.1, 0.15) is 5.75 Å². The standard InChI is InChI=1S/C19H24N2O3/c1-24-17-7-4-6-16-15(17)5-2-3-10-20(16)19(23)13-11-18(22)21(12-13)14-8-9-14/h4,6-7,13-14H,2-3,5,8-12H2,1H3/t13-/m0/s1. The van der Waals surface area contributed by atoms with Crippen molar-refractivity contribution in [1.82, 2.24) is 4.90 Å². The summed E-state index contributed by atoms with van der Waals surface area (Å²) in [6, 6.07) is 6.31. The SMILES string of the molecule is COc1cccc2c1CCCCN2C(=O)[C@H]1CC(=O)N(C2CC2)C1. The number of carbonyl (C=O) groups is 2. The highest BCUT2D eigenvalue weighted by Crippen LogP contribution is 2.37. The first-order chi connectivity index (χ1) is 11.7. The van der Waals surface area contributed by atoms with E-state index in [0.29, 0.717) is 19.0 Å². The number of rotatable bonds is 3. The van der Waals surface area contributed by atoms with Gasteiger partial charge in [0, 0.05) is 31.1 Å². The van der Waals surface area contributed by atoms with E-state index >= 15 is 0 Å². The van der Waals surface area contributed by atoms with E-state index in [1.807, 2.05) is 28.0 Å². The summed E-state index contributed by atoms with van der Waals surface area (Å²) < 4.78 is 5.50. The van der Waals surface area contributed by atoms with Crippen LogP contribution in [0.3, 0.4) is 0 Å². The average molecular weight is 328 g/mol. The Morgan fingerprint density at radius 2 is 2.08 bits per heavy atom. The molecule has 5 nitrogen and oxygen atoms in total. The van der Waals surface area contributed by atoms with Crippen LogP contribution in [0.15, 0.2) is 18.2 Å². The van der Waals surface area contributed by atoms with Gasteiger partial charge in [-0.05, 0) is 44.2 Å². The van der Waals surface area contributed by atoms with Crippen LogP contribution in [0, 0.1) is 5.92 Å². The van der Waals surface area contributed by atoms with Gasteiger partial charge in [-0.1, -0.05) is 6.07 Å². The van der Waals surface area contributed by atoms with Crippen molar-refractivity contribution in [3.8, 4) is 5.75 Å². The van der Waals surface area contributed by atoms with Gasteiger partial charge < -0.3 is 14.5 Å². The molecular weight excluding hydrogens is 304 g/mol. The van der Waals surface area contributed by atoms with Crippen LogP contribution < -0.4 is 9.64 Å². The average Bonchev–Trinajstić information content (AvgIpc) is 3.39. The molecule has 1 saturated carbocycles. The van der Waals surface area contributed by atoms with Crippen LogP contribution in [0.4, 0.5) is 5.69 Å². The number of anilines is 1. The number of likely N-dealkylation sites (tertiary alicyclic amines) is 1. The molecule has 1 aromatic carbocycles. The van der Waals surface area contributed by atoms with Gasteiger partial charge in [-0.25, -0.2) is 0 Å². The number of amides is 2. The zero-order chi connectivity index (χ0) is 16.7. The number of fused-ring (bicyclic) bond motifs is 1. The molecule has 1 saturated heterocycles. The van der Waals surface area contributed by atoms with Gasteiger partial charge in [0.25, 0.3) is 0 Å². The van der Waals surface area contributed by atoms with Gasteiger partial charge in [0.05, 0.1) is 18.7 Å². The van der Waals surface area contributed by atoms with Crippen LogP contribution in [0.25, 0.3) is 0 Å². The van der Waals surface area contributed by atoms with Crippen molar-refractivity contribution in [2.24, 2.45) is 5.92 Å². The maximum atomic E-state index is 13.2. The molecule has 1 atom stereocenters. The summed E-state index contributed by atoms with van der Waals surface area (Å²) in [5, 5.41) is 0. The number of hydrogen-bond donors (Lipinski definition) is 0. The molecule has 2 amide bonds. The molecular formula is C19H24N2O3. The number of nitrogens with zero attached hydrogens (tertiary/aromatic N) is 2. The highest BCUT2D eigenvalue weighted by Gasteiger charge is 2.43. The third kappa shape index (κ3) is 2.66. The highest BCUT2D eigenvalue weighted by molar-refractivity contribution is 6.00. The van der Waals surface area contributed by atoms with Crippen LogP contribution in [-0.2, 0) is 16.0 Å². The van der Waals surface area contributed by atoms with E-state index in [9.17, 15) is 9.59 Å². The Kier molecular flexibility index (Phi) is 3.94. The topological polar surface area (TPSA) is 49.9 Å². The molecule has 4 rings (SSSR count). The normalized spacial score (nSPS) is 23.9. The summed E-state index contributed by atoms with van der Waals surface area (Å²) in [5.41, 5.74) is 2.09. The molecule has 2 fully saturated rings. The molecule has 1 aromatic rings. The van der Waals surface area contributed by atoms with Gasteiger partial charge >= 0.3 is 0 Å². The molecule has 0 unspecified atom stereocenters. The molecule has 0 N–H and O–H groups in total. The van der Waals surface area contributed by atoms with Gasteiger partial charge in [-0.3, -0.25) is 9.59 Å². The van der Waals surface area contributed by atoms with E-state index in [0.717, 1.165) is 55.6 Å². The van der Waals surface area contributed by atoms with E-state index in [1.165, 1.54) is 0 Å². The lowest BCUT2D eigenvalue weighted by molar-refractivity contribution is -0.128. The highest BCUT2D eigenvalue weighted by atomic mass is 16.5. The second-order valence-electron chi connectivity index (χ2n) is 7.08. The second-order valence-corrected chi connectivity index (χ2v) is 7.08. The lowest BCUT2D eigenvalue weighted by atomic mass is 10.0. The van der Waals surface area contributed by atoms with Crippen molar-refractivity contribution in [3.63, 3.8) is 0 Å². The zero-order valence-electron chi connectivity index (χ0n) is 14.2. The van der Waals surface area contributed by atoms with Gasteiger partial charge in [-0.2, -0.15) is 0 Å². The fourth-order valence-electron chi connectivity index (χ4n) is 4.03. The van der Waals surface area contributed by atoms with Crippen molar-refractivity contribution in [1.29, 1.82) is 0 Å². The van der Waals surface area contributed by atoms with Crippen molar-refractivity contribution < 1.29 is 14.3 Å². The number of hydrogen-bond acceptors (Lipinski definition) is 3. The van der Waals surface area contributed by atoms with Gasteiger partial charge in [0.2, 0.25) is 11.8 Å². The Bertz CT molecular complexity index is 669. The first-order valence-electron chi connectivity index (χ1n) is 8.95. The van der Waals surface area contributed by atoms with Crippen LogP contribution in [-0.4, -0.2) is 43.0 Å². The second kappa shape index (κ2) is 6.11.